The monoisotopic (exact) mass is 438 g/mol. The Balaban J connectivity index is 1.69. The van der Waals surface area contributed by atoms with Gasteiger partial charge in [0.15, 0.2) is 5.78 Å². The van der Waals surface area contributed by atoms with Crippen molar-refractivity contribution in [3.05, 3.63) is 84.3 Å². The van der Waals surface area contributed by atoms with E-state index < -0.39 is 21.6 Å². The van der Waals surface area contributed by atoms with Gasteiger partial charge in [-0.3, -0.25) is 14.5 Å². The second-order valence-corrected chi connectivity index (χ2v) is 8.89. The van der Waals surface area contributed by atoms with E-state index >= 15 is 0 Å². The van der Waals surface area contributed by atoms with Crippen molar-refractivity contribution in [1.29, 1.82) is 0 Å². The number of anilines is 1. The van der Waals surface area contributed by atoms with Gasteiger partial charge in [-0.15, -0.1) is 0 Å². The van der Waals surface area contributed by atoms with Crippen molar-refractivity contribution in [3.63, 3.8) is 0 Å². The lowest BCUT2D eigenvalue weighted by Crippen LogP contribution is -2.16. The van der Waals surface area contributed by atoms with Crippen molar-refractivity contribution in [2.45, 2.75) is 13.3 Å². The Morgan fingerprint density at radius 1 is 1.13 bits per heavy atom. The van der Waals surface area contributed by atoms with Crippen molar-refractivity contribution in [2.75, 3.05) is 10.5 Å². The smallest absolute Gasteiger partial charge is 0.232 e. The summed E-state index contributed by atoms with van der Waals surface area (Å²) in [6.45, 7) is 1.73. The number of imidazole rings is 1. The highest BCUT2D eigenvalue weighted by Crippen LogP contribution is 2.22. The molecule has 0 aliphatic rings. The van der Waals surface area contributed by atoms with Crippen LogP contribution in [-0.4, -0.2) is 34.5 Å². The number of nitrogens with one attached hydrogen (secondary N) is 1. The van der Waals surface area contributed by atoms with Crippen molar-refractivity contribution in [2.24, 2.45) is 0 Å². The van der Waals surface area contributed by atoms with Crippen LogP contribution in [0, 0.1) is 5.82 Å². The molecule has 0 saturated heterocycles. The molecule has 0 amide bonds. The number of aromatic nitrogens is 3. The number of rotatable bonds is 7. The van der Waals surface area contributed by atoms with E-state index in [-0.39, 0.29) is 17.0 Å². The lowest BCUT2D eigenvalue weighted by atomic mass is 10.0. The van der Waals surface area contributed by atoms with Crippen LogP contribution >= 0.6 is 0 Å². The maximum absolute atomic E-state index is 14.1. The van der Waals surface area contributed by atoms with Crippen LogP contribution in [0.3, 0.4) is 0 Å². The molecular formula is C22H19FN4O3S. The van der Waals surface area contributed by atoms with Gasteiger partial charge in [0.1, 0.15) is 5.82 Å². The van der Waals surface area contributed by atoms with Gasteiger partial charge in [-0.25, -0.2) is 17.8 Å². The van der Waals surface area contributed by atoms with E-state index in [0.29, 0.717) is 17.5 Å². The molecule has 0 atom stereocenters. The van der Waals surface area contributed by atoms with Crippen LogP contribution < -0.4 is 4.72 Å². The van der Waals surface area contributed by atoms with Crippen molar-refractivity contribution in [1.82, 2.24) is 14.5 Å². The highest BCUT2D eigenvalue weighted by atomic mass is 32.2. The third-order valence-corrected chi connectivity index (χ3v) is 6.13. The summed E-state index contributed by atoms with van der Waals surface area (Å²) in [7, 11) is -3.61. The Morgan fingerprint density at radius 3 is 2.71 bits per heavy atom. The van der Waals surface area contributed by atoms with Gasteiger partial charge in [-0.05, 0) is 48.9 Å². The summed E-state index contributed by atoms with van der Waals surface area (Å²) in [5.41, 5.74) is 1.89. The first-order valence-corrected chi connectivity index (χ1v) is 11.2. The number of benzene rings is 2. The Bertz CT molecular complexity index is 1370. The predicted octanol–water partition coefficient (Wildman–Crippen LogP) is 3.94. The maximum atomic E-state index is 14.1. The van der Waals surface area contributed by atoms with Crippen LogP contribution in [0.25, 0.3) is 16.6 Å². The fourth-order valence-corrected chi connectivity index (χ4v) is 4.38. The number of sulfonamides is 1. The molecule has 0 saturated carbocycles. The second-order valence-electron chi connectivity index (χ2n) is 7.05. The summed E-state index contributed by atoms with van der Waals surface area (Å²) in [4.78, 5) is 21.4. The van der Waals surface area contributed by atoms with Gasteiger partial charge in [-0.1, -0.05) is 6.92 Å². The number of carbonyl (C=O) groups is 1. The first kappa shape index (κ1) is 20.7. The highest BCUT2D eigenvalue weighted by Gasteiger charge is 2.15. The molecule has 0 unspecified atom stereocenters. The van der Waals surface area contributed by atoms with Crippen LogP contribution in [0.15, 0.2) is 67.4 Å². The molecule has 0 spiro atoms. The molecule has 9 heteroatoms. The number of hydrogen-bond acceptors (Lipinski definition) is 5. The van der Waals surface area contributed by atoms with Crippen molar-refractivity contribution in [3.8, 4) is 5.69 Å². The number of carbonyl (C=O) groups excluding carboxylic acids is 1. The normalized spacial score (nSPS) is 11.5. The van der Waals surface area contributed by atoms with Gasteiger partial charge in [-0.2, -0.15) is 0 Å². The topological polar surface area (TPSA) is 94.0 Å². The third kappa shape index (κ3) is 4.61. The average Bonchev–Trinajstić information content (AvgIpc) is 3.26. The number of halogens is 1. The SMILES string of the molecule is CCCS(=O)(=O)Nc1cc(F)cc(C(=O)c2ccc3ncc(-n4ccnc4)cc3c2)c1. The highest BCUT2D eigenvalue weighted by molar-refractivity contribution is 7.92. The molecule has 2 aromatic heterocycles. The van der Waals surface area contributed by atoms with Crippen LogP contribution in [0.4, 0.5) is 10.1 Å². The largest absolute Gasteiger partial charge is 0.305 e. The predicted molar refractivity (Wildman–Crippen MR) is 116 cm³/mol. The zero-order valence-electron chi connectivity index (χ0n) is 16.6. The number of pyridine rings is 1. The minimum absolute atomic E-state index is 0.0154. The first-order chi connectivity index (χ1) is 14.8. The molecule has 0 bridgehead atoms. The Kier molecular flexibility index (Phi) is 5.51. The third-order valence-electron chi connectivity index (χ3n) is 4.64. The number of hydrogen-bond donors (Lipinski definition) is 1. The minimum Gasteiger partial charge on any atom is -0.305 e. The summed E-state index contributed by atoms with van der Waals surface area (Å²) in [6, 6.07) is 10.3. The van der Waals surface area contributed by atoms with E-state index in [4.69, 9.17) is 0 Å². The van der Waals surface area contributed by atoms with Crippen LogP contribution in [0.2, 0.25) is 0 Å². The van der Waals surface area contributed by atoms with E-state index in [2.05, 4.69) is 14.7 Å². The van der Waals surface area contributed by atoms with Gasteiger partial charge in [0.2, 0.25) is 10.0 Å². The Morgan fingerprint density at radius 2 is 1.97 bits per heavy atom. The number of nitrogens with zero attached hydrogens (tertiary/aromatic N) is 3. The standard InChI is InChI=1S/C22H19FN4O3S/c1-2-7-31(29,30)26-19-10-17(9-18(23)12-19)22(28)15-3-4-21-16(8-15)11-20(13-25-21)27-6-5-24-14-27/h3-6,8-14,26H,2,7H2,1H3. The first-order valence-electron chi connectivity index (χ1n) is 9.58. The summed E-state index contributed by atoms with van der Waals surface area (Å²) >= 11 is 0. The van der Waals surface area contributed by atoms with Gasteiger partial charge in [0.05, 0.1) is 35.2 Å². The molecule has 0 fully saturated rings. The zero-order valence-corrected chi connectivity index (χ0v) is 17.4. The summed E-state index contributed by atoms with van der Waals surface area (Å²) in [6.07, 6.45) is 7.20. The van der Waals surface area contributed by atoms with Crippen molar-refractivity contribution < 1.29 is 17.6 Å². The van der Waals surface area contributed by atoms with Gasteiger partial charge >= 0.3 is 0 Å². The van der Waals surface area contributed by atoms with E-state index in [9.17, 15) is 17.6 Å². The van der Waals surface area contributed by atoms with E-state index in [1.54, 1.807) is 54.6 Å². The fourth-order valence-electron chi connectivity index (χ4n) is 3.26. The molecule has 31 heavy (non-hydrogen) atoms. The molecule has 158 valence electrons. The summed E-state index contributed by atoms with van der Waals surface area (Å²) in [5.74, 6) is -1.22. The number of fused-ring (bicyclic) bond motifs is 1. The van der Waals surface area contributed by atoms with E-state index in [1.807, 2.05) is 6.07 Å². The Hall–Kier alpha value is -3.59. The number of ketones is 1. The molecule has 0 aliphatic heterocycles. The van der Waals surface area contributed by atoms with Gasteiger partial charge in [0, 0.05) is 28.9 Å². The molecule has 7 nitrogen and oxygen atoms in total. The fraction of sp³-hybridized carbons (Fsp3) is 0.136. The summed E-state index contributed by atoms with van der Waals surface area (Å²) in [5, 5.41) is 0.734. The molecule has 0 aliphatic carbocycles. The van der Waals surface area contributed by atoms with E-state index in [0.717, 1.165) is 23.2 Å². The quantitative estimate of drug-likeness (QED) is 0.441. The molecule has 2 aromatic carbocycles. The molecule has 4 rings (SSSR count). The minimum atomic E-state index is -3.61. The zero-order chi connectivity index (χ0) is 22.0. The summed E-state index contributed by atoms with van der Waals surface area (Å²) < 4.78 is 42.2. The average molecular weight is 438 g/mol. The lowest BCUT2D eigenvalue weighted by molar-refractivity contribution is 0.103. The van der Waals surface area contributed by atoms with Crippen molar-refractivity contribution >= 4 is 32.4 Å². The van der Waals surface area contributed by atoms with Gasteiger partial charge < -0.3 is 4.57 Å². The Labute approximate surface area is 178 Å². The van der Waals surface area contributed by atoms with Crippen LogP contribution in [0.1, 0.15) is 29.3 Å². The molecular weight excluding hydrogens is 419 g/mol. The molecule has 0 radical (unpaired) electrons. The van der Waals surface area contributed by atoms with E-state index in [1.165, 1.54) is 6.07 Å². The molecule has 1 N–H and O–H groups in total. The van der Waals surface area contributed by atoms with Crippen LogP contribution in [0.5, 0.6) is 0 Å². The molecule has 4 aromatic rings. The lowest BCUT2D eigenvalue weighted by Gasteiger charge is -2.10. The van der Waals surface area contributed by atoms with Gasteiger partial charge in [0.25, 0.3) is 0 Å². The second kappa shape index (κ2) is 8.27. The van der Waals surface area contributed by atoms with Crippen LogP contribution in [-0.2, 0) is 10.0 Å². The molecule has 2 heterocycles. The maximum Gasteiger partial charge on any atom is 0.232 e.